The molecule has 1 rings (SSSR count). The lowest BCUT2D eigenvalue weighted by molar-refractivity contribution is -0.0798. The highest BCUT2D eigenvalue weighted by Crippen LogP contribution is 2.28. The van der Waals surface area contributed by atoms with Crippen LogP contribution in [-0.4, -0.2) is 45.8 Å². The van der Waals surface area contributed by atoms with Crippen molar-refractivity contribution in [1.82, 2.24) is 4.90 Å². The van der Waals surface area contributed by atoms with Crippen molar-refractivity contribution in [2.75, 3.05) is 17.5 Å². The van der Waals surface area contributed by atoms with E-state index in [1.165, 1.54) is 12.8 Å². The molecule has 1 aliphatic carbocycles. The molecule has 0 heterocycles. The molecule has 21 heavy (non-hydrogen) atoms. The molecule has 0 bridgehead atoms. The number of halogens is 1. The third-order valence-corrected chi connectivity index (χ3v) is 5.21. The Morgan fingerprint density at radius 3 is 2.24 bits per heavy atom. The minimum Gasteiger partial charge on any atom is -0.444 e. The van der Waals surface area contributed by atoms with Crippen molar-refractivity contribution in [3.05, 3.63) is 0 Å². The second-order valence-corrected chi connectivity index (χ2v) is 7.87. The number of carbonyl (C=O) groups excluding carboxylic acids is 1. The zero-order valence-electron chi connectivity index (χ0n) is 14.1. The molecule has 1 aliphatic rings. The summed E-state index contributed by atoms with van der Waals surface area (Å²) in [6.45, 7) is 11.0. The van der Waals surface area contributed by atoms with Gasteiger partial charge in [-0.1, -0.05) is 35.4 Å². The fraction of sp³-hybridized carbons (Fsp3) is 0.938. The predicted molar refractivity (Wildman–Crippen MR) is 94.1 cm³/mol. The average molecular weight is 411 g/mol. The largest absolute Gasteiger partial charge is 0.444 e. The molecule has 1 atom stereocenters. The molecule has 0 saturated heterocycles. The first-order chi connectivity index (χ1) is 9.69. The molecule has 0 aromatic heterocycles. The minimum atomic E-state index is -0.461. The van der Waals surface area contributed by atoms with Gasteiger partial charge < -0.3 is 14.4 Å². The first kappa shape index (κ1) is 19.0. The Morgan fingerprint density at radius 1 is 1.24 bits per heavy atom. The van der Waals surface area contributed by atoms with Crippen LogP contribution >= 0.6 is 22.6 Å². The van der Waals surface area contributed by atoms with Gasteiger partial charge in [0.2, 0.25) is 0 Å². The summed E-state index contributed by atoms with van der Waals surface area (Å²) in [5.74, 6) is 0. The quantitative estimate of drug-likeness (QED) is 0.481. The molecular weight excluding hydrogens is 381 g/mol. The summed E-state index contributed by atoms with van der Waals surface area (Å²) in [4.78, 5) is 14.0. The van der Waals surface area contributed by atoms with Gasteiger partial charge in [0.25, 0.3) is 0 Å². The van der Waals surface area contributed by atoms with E-state index in [2.05, 4.69) is 29.5 Å². The van der Waals surface area contributed by atoms with E-state index in [0.717, 1.165) is 17.3 Å². The standard InChI is InChI=1S/C16H30INO3/c1-6-18(14(19)21-15(2,3)4)12-16(5,11-17)20-13-9-7-8-10-13/h13H,6-12H2,1-5H3. The monoisotopic (exact) mass is 411 g/mol. The van der Waals surface area contributed by atoms with Crippen LogP contribution in [0, 0.1) is 0 Å². The van der Waals surface area contributed by atoms with E-state index in [1.54, 1.807) is 4.90 Å². The first-order valence-corrected chi connectivity index (χ1v) is 9.43. The number of amides is 1. The van der Waals surface area contributed by atoms with Crippen LogP contribution in [0.25, 0.3) is 0 Å². The number of likely N-dealkylation sites (N-methyl/N-ethyl adjacent to an activating group) is 1. The van der Waals surface area contributed by atoms with E-state index in [0.29, 0.717) is 19.2 Å². The van der Waals surface area contributed by atoms with Crippen molar-refractivity contribution in [3.63, 3.8) is 0 Å². The molecule has 1 amide bonds. The van der Waals surface area contributed by atoms with Crippen LogP contribution in [0.3, 0.4) is 0 Å². The third-order valence-electron chi connectivity index (χ3n) is 3.59. The number of alkyl halides is 1. The highest BCUT2D eigenvalue weighted by atomic mass is 127. The van der Waals surface area contributed by atoms with Gasteiger partial charge in [0.05, 0.1) is 18.2 Å². The van der Waals surface area contributed by atoms with Crippen LogP contribution in [0.15, 0.2) is 0 Å². The Labute approximate surface area is 143 Å². The van der Waals surface area contributed by atoms with Crippen LogP contribution in [0.4, 0.5) is 4.79 Å². The third kappa shape index (κ3) is 6.72. The summed E-state index contributed by atoms with van der Waals surface area (Å²) < 4.78 is 12.6. The Kier molecular flexibility index (Phi) is 7.24. The average Bonchev–Trinajstić information content (AvgIpc) is 2.86. The Morgan fingerprint density at radius 2 is 1.81 bits per heavy atom. The van der Waals surface area contributed by atoms with Crippen LogP contribution in [0.1, 0.15) is 60.3 Å². The van der Waals surface area contributed by atoms with Crippen LogP contribution < -0.4 is 0 Å². The molecule has 5 heteroatoms. The number of hydrogen-bond acceptors (Lipinski definition) is 3. The second-order valence-electron chi connectivity index (χ2n) is 7.10. The second kappa shape index (κ2) is 7.99. The van der Waals surface area contributed by atoms with Gasteiger partial charge in [-0.05, 0) is 47.5 Å². The summed E-state index contributed by atoms with van der Waals surface area (Å²) in [5.41, 5.74) is -0.764. The van der Waals surface area contributed by atoms with Crippen molar-refractivity contribution < 1.29 is 14.3 Å². The molecule has 0 aromatic rings. The maximum Gasteiger partial charge on any atom is 0.410 e. The van der Waals surface area contributed by atoms with Crippen molar-refractivity contribution in [1.29, 1.82) is 0 Å². The SMILES string of the molecule is CCN(CC(C)(CI)OC1CCCC1)C(=O)OC(C)(C)C. The molecule has 1 unspecified atom stereocenters. The highest BCUT2D eigenvalue weighted by molar-refractivity contribution is 14.1. The van der Waals surface area contributed by atoms with Gasteiger partial charge in [0.15, 0.2) is 0 Å². The molecule has 0 aliphatic heterocycles. The smallest absolute Gasteiger partial charge is 0.410 e. The van der Waals surface area contributed by atoms with Crippen molar-refractivity contribution in [2.45, 2.75) is 77.6 Å². The van der Waals surface area contributed by atoms with E-state index in [-0.39, 0.29) is 11.7 Å². The molecule has 1 saturated carbocycles. The Hall–Kier alpha value is -0.0400. The molecule has 0 spiro atoms. The maximum absolute atomic E-state index is 12.3. The Bertz CT molecular complexity index is 337. The fourth-order valence-electron chi connectivity index (χ4n) is 2.56. The lowest BCUT2D eigenvalue weighted by Crippen LogP contribution is -2.49. The predicted octanol–water partition coefficient (Wildman–Crippen LogP) is 4.40. The lowest BCUT2D eigenvalue weighted by atomic mass is 10.1. The number of carbonyl (C=O) groups is 1. The van der Waals surface area contributed by atoms with Gasteiger partial charge in [-0.15, -0.1) is 0 Å². The Balaban J connectivity index is 2.64. The summed E-state index contributed by atoms with van der Waals surface area (Å²) in [6.07, 6.45) is 4.89. The summed E-state index contributed by atoms with van der Waals surface area (Å²) in [7, 11) is 0. The van der Waals surface area contributed by atoms with Gasteiger partial charge in [0.1, 0.15) is 5.60 Å². The van der Waals surface area contributed by atoms with E-state index < -0.39 is 5.60 Å². The van der Waals surface area contributed by atoms with Gasteiger partial charge in [-0.25, -0.2) is 4.79 Å². The van der Waals surface area contributed by atoms with Crippen LogP contribution in [0.5, 0.6) is 0 Å². The van der Waals surface area contributed by atoms with Gasteiger partial charge in [-0.2, -0.15) is 0 Å². The number of nitrogens with zero attached hydrogens (tertiary/aromatic N) is 1. The molecule has 4 nitrogen and oxygen atoms in total. The number of rotatable bonds is 6. The maximum atomic E-state index is 12.3. The van der Waals surface area contributed by atoms with E-state index >= 15 is 0 Å². The van der Waals surface area contributed by atoms with Gasteiger partial charge in [-0.3, -0.25) is 0 Å². The van der Waals surface area contributed by atoms with Crippen LogP contribution in [-0.2, 0) is 9.47 Å². The molecule has 124 valence electrons. The van der Waals surface area contributed by atoms with E-state index in [9.17, 15) is 4.79 Å². The minimum absolute atomic E-state index is 0.254. The van der Waals surface area contributed by atoms with Crippen molar-refractivity contribution in [3.8, 4) is 0 Å². The van der Waals surface area contributed by atoms with Crippen LogP contribution in [0.2, 0.25) is 0 Å². The lowest BCUT2D eigenvalue weighted by Gasteiger charge is -2.36. The molecule has 1 fully saturated rings. The fourth-order valence-corrected chi connectivity index (χ4v) is 2.98. The molecular formula is C16H30INO3. The van der Waals surface area contributed by atoms with Gasteiger partial charge >= 0.3 is 6.09 Å². The zero-order valence-corrected chi connectivity index (χ0v) is 16.2. The van der Waals surface area contributed by atoms with Gasteiger partial charge in [0, 0.05) is 11.0 Å². The summed E-state index contributed by atoms with van der Waals surface area (Å²) in [5, 5.41) is 0. The van der Waals surface area contributed by atoms with E-state index in [1.807, 2.05) is 27.7 Å². The van der Waals surface area contributed by atoms with Crippen molar-refractivity contribution in [2.24, 2.45) is 0 Å². The van der Waals surface area contributed by atoms with Crippen molar-refractivity contribution >= 4 is 28.7 Å². The first-order valence-electron chi connectivity index (χ1n) is 7.91. The zero-order chi connectivity index (χ0) is 16.1. The normalized spacial score (nSPS) is 19.3. The van der Waals surface area contributed by atoms with E-state index in [4.69, 9.17) is 9.47 Å². The number of hydrogen-bond donors (Lipinski definition) is 0. The molecule has 0 N–H and O–H groups in total. The summed E-state index contributed by atoms with van der Waals surface area (Å²) >= 11 is 2.35. The highest BCUT2D eigenvalue weighted by Gasteiger charge is 2.34. The molecule has 0 aromatic carbocycles. The summed E-state index contributed by atoms with van der Waals surface area (Å²) in [6, 6.07) is 0. The topological polar surface area (TPSA) is 38.8 Å². The number of ether oxygens (including phenoxy) is 2. The molecule has 0 radical (unpaired) electrons.